The molecule has 0 bridgehead atoms. The molecule has 1 rings (SSSR count). The predicted molar refractivity (Wildman–Crippen MR) is 56.6 cm³/mol. The maximum absolute atomic E-state index is 13.5. The lowest BCUT2D eigenvalue weighted by atomic mass is 10.2. The second-order valence-electron chi connectivity index (χ2n) is 2.74. The van der Waals surface area contributed by atoms with E-state index in [4.69, 9.17) is 10.7 Å². The minimum atomic E-state index is -3.84. The average molecular weight is 273 g/mol. The molecule has 0 fully saturated rings. The molecular weight excluding hydrogens is 266 g/mol. The lowest BCUT2D eigenvalue weighted by Gasteiger charge is -2.05. The summed E-state index contributed by atoms with van der Waals surface area (Å²) in [6.45, 7) is 0. The van der Waals surface area contributed by atoms with Gasteiger partial charge >= 0.3 is 0 Å². The van der Waals surface area contributed by atoms with Crippen LogP contribution in [0.4, 0.5) is 8.78 Å². The van der Waals surface area contributed by atoms with E-state index in [-0.39, 0.29) is 10.5 Å². The molecule has 1 aromatic rings. The van der Waals surface area contributed by atoms with E-state index in [0.717, 1.165) is 23.9 Å². The molecule has 15 heavy (non-hydrogen) atoms. The molecule has 0 unspecified atom stereocenters. The van der Waals surface area contributed by atoms with Crippen molar-refractivity contribution in [2.45, 2.75) is 10.6 Å². The van der Waals surface area contributed by atoms with Crippen LogP contribution in [0.25, 0.3) is 0 Å². The first-order chi connectivity index (χ1) is 6.85. The monoisotopic (exact) mass is 272 g/mol. The van der Waals surface area contributed by atoms with Crippen LogP contribution in [-0.4, -0.2) is 14.7 Å². The molecule has 0 aromatic heterocycles. The van der Waals surface area contributed by atoms with Crippen molar-refractivity contribution in [3.63, 3.8) is 0 Å². The number of hydrogen-bond acceptors (Lipinski definition) is 3. The molecule has 0 aliphatic carbocycles. The summed E-state index contributed by atoms with van der Waals surface area (Å²) in [6.07, 6.45) is 1.50. The number of halogens is 3. The van der Waals surface area contributed by atoms with Gasteiger partial charge in [-0.2, -0.15) is 0 Å². The quantitative estimate of drug-likeness (QED) is 0.627. The molecule has 0 aliphatic heterocycles. The Kier molecular flexibility index (Phi) is 3.97. The molecule has 0 saturated carbocycles. The van der Waals surface area contributed by atoms with Crippen molar-refractivity contribution in [2.75, 3.05) is 6.26 Å². The molecule has 0 aliphatic rings. The fourth-order valence-corrected chi connectivity index (χ4v) is 2.58. The highest BCUT2D eigenvalue weighted by atomic mass is 35.7. The summed E-state index contributed by atoms with van der Waals surface area (Å²) in [5.41, 5.74) is -0.129. The van der Waals surface area contributed by atoms with Gasteiger partial charge in [0, 0.05) is 16.2 Å². The highest BCUT2D eigenvalue weighted by molar-refractivity contribution is 8.13. The van der Waals surface area contributed by atoms with Crippen molar-refractivity contribution >= 4 is 31.5 Å². The maximum atomic E-state index is 13.5. The van der Waals surface area contributed by atoms with Crippen LogP contribution in [0.15, 0.2) is 17.0 Å². The average Bonchev–Trinajstić information content (AvgIpc) is 2.09. The first-order valence-corrected chi connectivity index (χ1v) is 7.48. The van der Waals surface area contributed by atoms with E-state index in [0.29, 0.717) is 0 Å². The minimum Gasteiger partial charge on any atom is -0.212 e. The summed E-state index contributed by atoms with van der Waals surface area (Å²) >= 11 is 0.874. The molecule has 1 aromatic carbocycles. The molecule has 0 radical (unpaired) electrons. The van der Waals surface area contributed by atoms with E-state index >= 15 is 0 Å². The van der Waals surface area contributed by atoms with Gasteiger partial charge in [-0.15, -0.1) is 11.8 Å². The Balaban J connectivity index is 3.22. The first-order valence-electron chi connectivity index (χ1n) is 3.78. The van der Waals surface area contributed by atoms with Crippen LogP contribution in [-0.2, 0) is 14.8 Å². The minimum absolute atomic E-state index is 0.129. The predicted octanol–water partition coefficient (Wildman–Crippen LogP) is 2.76. The van der Waals surface area contributed by atoms with Gasteiger partial charge in [0.05, 0.1) is 10.6 Å². The van der Waals surface area contributed by atoms with E-state index in [1.165, 1.54) is 6.26 Å². The number of hydrogen-bond donors (Lipinski definition) is 0. The van der Waals surface area contributed by atoms with Crippen LogP contribution in [0.3, 0.4) is 0 Å². The second-order valence-corrected chi connectivity index (χ2v) is 6.33. The van der Waals surface area contributed by atoms with Gasteiger partial charge in [-0.3, -0.25) is 0 Å². The van der Waals surface area contributed by atoms with Gasteiger partial charge in [0.15, 0.2) is 0 Å². The summed E-state index contributed by atoms with van der Waals surface area (Å²) in [4.78, 5) is -0.201. The molecule has 7 heteroatoms. The largest absolute Gasteiger partial charge is 0.236 e. The Morgan fingerprint density at radius 1 is 1.40 bits per heavy atom. The summed E-state index contributed by atoms with van der Waals surface area (Å²) in [6, 6.07) is 2.09. The highest BCUT2D eigenvalue weighted by Crippen LogP contribution is 2.26. The van der Waals surface area contributed by atoms with Crippen LogP contribution in [0.2, 0.25) is 0 Å². The number of thioether (sulfide) groups is 1. The third kappa shape index (κ3) is 3.32. The Bertz CT molecular complexity index is 474. The van der Waals surface area contributed by atoms with Crippen molar-refractivity contribution in [3.05, 3.63) is 29.3 Å². The van der Waals surface area contributed by atoms with Gasteiger partial charge < -0.3 is 0 Å². The molecule has 0 spiro atoms. The molecule has 84 valence electrons. The van der Waals surface area contributed by atoms with Crippen molar-refractivity contribution in [1.82, 2.24) is 0 Å². The zero-order valence-corrected chi connectivity index (χ0v) is 10.0. The fourth-order valence-electron chi connectivity index (χ4n) is 1.06. The van der Waals surface area contributed by atoms with E-state index in [9.17, 15) is 17.2 Å². The summed E-state index contributed by atoms with van der Waals surface area (Å²) < 4.78 is 48.0. The molecule has 0 heterocycles. The van der Waals surface area contributed by atoms with Crippen molar-refractivity contribution in [1.29, 1.82) is 0 Å². The molecule has 0 amide bonds. The lowest BCUT2D eigenvalue weighted by Crippen LogP contribution is -2.00. The first kappa shape index (κ1) is 12.7. The molecular formula is C8H7ClF2O2S2. The van der Waals surface area contributed by atoms with Crippen molar-refractivity contribution < 1.29 is 17.2 Å². The normalized spacial score (nSPS) is 11.7. The van der Waals surface area contributed by atoms with Gasteiger partial charge in [0.25, 0.3) is 0 Å². The van der Waals surface area contributed by atoms with Gasteiger partial charge in [-0.05, 0) is 12.3 Å². The molecule has 0 saturated heterocycles. The van der Waals surface area contributed by atoms with E-state index in [1.807, 2.05) is 0 Å². The molecule has 0 N–H and O–H groups in total. The van der Waals surface area contributed by atoms with E-state index in [2.05, 4.69) is 0 Å². The summed E-state index contributed by atoms with van der Waals surface area (Å²) in [7, 11) is 1.14. The van der Waals surface area contributed by atoms with Crippen LogP contribution >= 0.6 is 22.4 Å². The van der Waals surface area contributed by atoms with Crippen LogP contribution in [0, 0.1) is 11.6 Å². The standard InChI is InChI=1S/C8H7ClF2O2S2/c1-14-8-6(10)3-2-5(7(8)11)4-15(9,12)13/h2-3H,4H2,1H3. The van der Waals surface area contributed by atoms with Crippen LogP contribution in [0.5, 0.6) is 0 Å². The van der Waals surface area contributed by atoms with Gasteiger partial charge in [-0.1, -0.05) is 6.07 Å². The van der Waals surface area contributed by atoms with Crippen molar-refractivity contribution in [3.8, 4) is 0 Å². The Hall–Kier alpha value is -0.330. The molecule has 2 nitrogen and oxygen atoms in total. The topological polar surface area (TPSA) is 34.1 Å². The second kappa shape index (κ2) is 4.67. The van der Waals surface area contributed by atoms with E-state index < -0.39 is 26.4 Å². The zero-order chi connectivity index (χ0) is 11.6. The lowest BCUT2D eigenvalue weighted by molar-refractivity contribution is 0.532. The Morgan fingerprint density at radius 2 is 2.00 bits per heavy atom. The third-order valence-corrected chi connectivity index (χ3v) is 3.43. The smallest absolute Gasteiger partial charge is 0.212 e. The van der Waals surface area contributed by atoms with E-state index in [1.54, 1.807) is 0 Å². The van der Waals surface area contributed by atoms with Crippen LogP contribution < -0.4 is 0 Å². The maximum Gasteiger partial charge on any atom is 0.236 e. The van der Waals surface area contributed by atoms with Gasteiger partial charge in [0.1, 0.15) is 11.6 Å². The Labute approximate surface area is 95.0 Å². The highest BCUT2D eigenvalue weighted by Gasteiger charge is 2.16. The SMILES string of the molecule is CSc1c(F)ccc(CS(=O)(=O)Cl)c1F. The zero-order valence-electron chi connectivity index (χ0n) is 7.63. The van der Waals surface area contributed by atoms with Gasteiger partial charge in [-0.25, -0.2) is 17.2 Å². The third-order valence-electron chi connectivity index (χ3n) is 1.66. The van der Waals surface area contributed by atoms with Crippen LogP contribution in [0.1, 0.15) is 5.56 Å². The van der Waals surface area contributed by atoms with Gasteiger partial charge in [0.2, 0.25) is 9.05 Å². The van der Waals surface area contributed by atoms with Crippen molar-refractivity contribution in [2.24, 2.45) is 0 Å². The summed E-state index contributed by atoms with van der Waals surface area (Å²) in [5.74, 6) is -2.23. The number of rotatable bonds is 3. The number of benzene rings is 1. The summed E-state index contributed by atoms with van der Waals surface area (Å²) in [5, 5.41) is 0. The fraction of sp³-hybridized carbons (Fsp3) is 0.250. The molecule has 0 atom stereocenters. The Morgan fingerprint density at radius 3 is 2.47 bits per heavy atom.